The van der Waals surface area contributed by atoms with E-state index in [2.05, 4.69) is 0 Å². The number of aryl methyl sites for hydroxylation is 2. The molecule has 2 aromatic rings. The molecule has 0 unspecified atom stereocenters. The fraction of sp³-hybridized carbons (Fsp3) is 0.524. The summed E-state index contributed by atoms with van der Waals surface area (Å²) >= 11 is 0. The van der Waals surface area contributed by atoms with Gasteiger partial charge in [-0.2, -0.15) is 0 Å². The van der Waals surface area contributed by atoms with Crippen LogP contribution in [0.3, 0.4) is 0 Å². The van der Waals surface area contributed by atoms with Crippen LogP contribution in [0.15, 0.2) is 16.9 Å². The molecule has 6 heteroatoms. The van der Waals surface area contributed by atoms with Crippen LogP contribution in [-0.2, 0) is 11.8 Å². The number of piperazine rings is 1. The first kappa shape index (κ1) is 18.0. The fourth-order valence-electron chi connectivity index (χ4n) is 4.22. The number of carbonyl (C=O) groups is 1. The smallest absolute Gasteiger partial charge is 0.259 e. The lowest BCUT2D eigenvalue weighted by atomic mass is 10.0. The van der Waals surface area contributed by atoms with Gasteiger partial charge in [0.05, 0.1) is 5.39 Å². The monoisotopic (exact) mass is 371 g/mol. The van der Waals surface area contributed by atoms with Gasteiger partial charge < -0.3 is 9.80 Å². The van der Waals surface area contributed by atoms with Gasteiger partial charge in [-0.05, 0) is 38.3 Å². The number of amides is 1. The number of pyridine rings is 1. The number of hydrogen-bond acceptors (Lipinski definition) is 3. The molecule has 1 aliphatic heterocycles. The third-order valence-corrected chi connectivity index (χ3v) is 6.13. The molecule has 0 N–H and O–H groups in total. The number of rotatable bonds is 2. The minimum absolute atomic E-state index is 0.182. The number of aromatic nitrogens is 1. The summed E-state index contributed by atoms with van der Waals surface area (Å²) in [6.07, 6.45) is 1.91. The van der Waals surface area contributed by atoms with Crippen molar-refractivity contribution in [2.75, 3.05) is 31.1 Å². The van der Waals surface area contributed by atoms with Gasteiger partial charge in [0, 0.05) is 44.0 Å². The maximum absolute atomic E-state index is 15.5. The van der Waals surface area contributed by atoms with Gasteiger partial charge in [0.1, 0.15) is 5.82 Å². The van der Waals surface area contributed by atoms with E-state index in [0.29, 0.717) is 42.8 Å². The van der Waals surface area contributed by atoms with Crippen LogP contribution >= 0.6 is 0 Å². The molecule has 2 aliphatic rings. The van der Waals surface area contributed by atoms with Crippen LogP contribution in [0, 0.1) is 25.1 Å². The van der Waals surface area contributed by atoms with Gasteiger partial charge in [-0.1, -0.05) is 18.6 Å². The summed E-state index contributed by atoms with van der Waals surface area (Å²) in [5.41, 5.74) is 1.36. The van der Waals surface area contributed by atoms with Crippen molar-refractivity contribution >= 4 is 22.5 Å². The first-order chi connectivity index (χ1) is 12.7. The van der Waals surface area contributed by atoms with Crippen molar-refractivity contribution in [1.82, 2.24) is 9.47 Å². The number of carbonyl (C=O) groups excluding carboxylic acids is 1. The van der Waals surface area contributed by atoms with E-state index in [-0.39, 0.29) is 22.7 Å². The average Bonchev–Trinajstić information content (AvgIpc) is 3.38. The molecule has 2 fully saturated rings. The molecular weight excluding hydrogens is 345 g/mol. The number of hydrogen-bond donors (Lipinski definition) is 0. The summed E-state index contributed by atoms with van der Waals surface area (Å²) in [5.74, 6) is 0.184. The van der Waals surface area contributed by atoms with Crippen molar-refractivity contribution in [2.24, 2.45) is 12.5 Å². The van der Waals surface area contributed by atoms with Crippen LogP contribution in [-0.4, -0.2) is 41.6 Å². The van der Waals surface area contributed by atoms with E-state index < -0.39 is 0 Å². The molecule has 1 aromatic carbocycles. The molecule has 27 heavy (non-hydrogen) atoms. The molecular formula is C21H26FN3O2. The number of nitrogens with zero attached hydrogens (tertiary/aromatic N) is 3. The Kier molecular flexibility index (Phi) is 4.05. The SMILES string of the molecule is Cc1cc(C)c2c(F)c(N3CCN(C(=O)C4(C)CC4)CC3)n(C)c(=O)c2c1. The molecule has 4 rings (SSSR count). The molecule has 0 spiro atoms. The lowest BCUT2D eigenvalue weighted by Crippen LogP contribution is -2.51. The van der Waals surface area contributed by atoms with Crippen molar-refractivity contribution in [3.05, 3.63) is 39.4 Å². The van der Waals surface area contributed by atoms with Crippen LogP contribution < -0.4 is 10.5 Å². The second kappa shape index (κ2) is 6.08. The summed E-state index contributed by atoms with van der Waals surface area (Å²) in [5, 5.41) is 0.828. The minimum atomic E-state index is -0.349. The Labute approximate surface area is 158 Å². The third-order valence-electron chi connectivity index (χ3n) is 6.13. The fourth-order valence-corrected chi connectivity index (χ4v) is 4.22. The van der Waals surface area contributed by atoms with Crippen molar-refractivity contribution < 1.29 is 9.18 Å². The summed E-state index contributed by atoms with van der Waals surface area (Å²) < 4.78 is 16.9. The quantitative estimate of drug-likeness (QED) is 0.815. The van der Waals surface area contributed by atoms with E-state index in [0.717, 1.165) is 24.0 Å². The lowest BCUT2D eigenvalue weighted by Gasteiger charge is -2.38. The zero-order valence-corrected chi connectivity index (χ0v) is 16.4. The van der Waals surface area contributed by atoms with E-state index in [4.69, 9.17) is 0 Å². The van der Waals surface area contributed by atoms with Crippen LogP contribution in [0.2, 0.25) is 0 Å². The first-order valence-corrected chi connectivity index (χ1v) is 9.57. The molecule has 1 saturated heterocycles. The van der Waals surface area contributed by atoms with Gasteiger partial charge in [-0.3, -0.25) is 14.2 Å². The first-order valence-electron chi connectivity index (χ1n) is 9.57. The highest BCUT2D eigenvalue weighted by molar-refractivity contribution is 5.89. The standard InChI is InChI=1S/C21H26FN3O2/c1-13-11-14(2)16-15(12-13)19(26)23(4)18(17(16)22)24-7-9-25(10-8-24)20(27)21(3)5-6-21/h11-12H,5-10H2,1-4H3. The Hall–Kier alpha value is -2.37. The lowest BCUT2D eigenvalue weighted by molar-refractivity contribution is -0.136. The molecule has 1 saturated carbocycles. The van der Waals surface area contributed by atoms with Crippen molar-refractivity contribution in [1.29, 1.82) is 0 Å². The van der Waals surface area contributed by atoms with Gasteiger partial charge in [0.25, 0.3) is 5.56 Å². The average molecular weight is 371 g/mol. The largest absolute Gasteiger partial charge is 0.352 e. The van der Waals surface area contributed by atoms with Crippen LogP contribution in [0.4, 0.5) is 10.2 Å². The molecule has 5 nitrogen and oxygen atoms in total. The van der Waals surface area contributed by atoms with Gasteiger partial charge in [-0.15, -0.1) is 0 Å². The molecule has 2 heterocycles. The Balaban J connectivity index is 1.69. The highest BCUT2D eigenvalue weighted by Crippen LogP contribution is 2.46. The van der Waals surface area contributed by atoms with E-state index in [1.54, 1.807) is 13.1 Å². The number of anilines is 1. The molecule has 1 aliphatic carbocycles. The summed E-state index contributed by atoms with van der Waals surface area (Å²) in [4.78, 5) is 29.2. The number of fused-ring (bicyclic) bond motifs is 1. The highest BCUT2D eigenvalue weighted by Gasteiger charge is 2.47. The third kappa shape index (κ3) is 2.82. The Bertz CT molecular complexity index is 999. The normalized spacial score (nSPS) is 18.9. The molecule has 1 amide bonds. The van der Waals surface area contributed by atoms with Crippen molar-refractivity contribution in [3.63, 3.8) is 0 Å². The molecule has 0 atom stereocenters. The molecule has 144 valence electrons. The zero-order valence-electron chi connectivity index (χ0n) is 16.4. The van der Waals surface area contributed by atoms with Crippen LogP contribution in [0.5, 0.6) is 0 Å². The van der Waals surface area contributed by atoms with Gasteiger partial charge in [0.15, 0.2) is 5.82 Å². The summed E-state index contributed by atoms with van der Waals surface area (Å²) in [6.45, 7) is 7.95. The molecule has 1 aromatic heterocycles. The van der Waals surface area contributed by atoms with Gasteiger partial charge in [-0.25, -0.2) is 4.39 Å². The van der Waals surface area contributed by atoms with E-state index in [9.17, 15) is 9.59 Å². The molecule has 0 bridgehead atoms. The second-order valence-corrected chi connectivity index (χ2v) is 8.35. The zero-order chi connectivity index (χ0) is 19.5. The summed E-state index contributed by atoms with van der Waals surface area (Å²) in [6, 6.07) is 3.66. The molecule has 0 radical (unpaired) electrons. The van der Waals surface area contributed by atoms with Crippen molar-refractivity contribution in [2.45, 2.75) is 33.6 Å². The topological polar surface area (TPSA) is 45.5 Å². The van der Waals surface area contributed by atoms with Gasteiger partial charge in [0.2, 0.25) is 5.91 Å². The van der Waals surface area contributed by atoms with Crippen LogP contribution in [0.25, 0.3) is 10.8 Å². The Morgan fingerprint density at radius 1 is 1.11 bits per heavy atom. The van der Waals surface area contributed by atoms with Crippen molar-refractivity contribution in [3.8, 4) is 0 Å². The maximum Gasteiger partial charge on any atom is 0.259 e. The van der Waals surface area contributed by atoms with E-state index >= 15 is 4.39 Å². The summed E-state index contributed by atoms with van der Waals surface area (Å²) in [7, 11) is 1.63. The predicted octanol–water partition coefficient (Wildman–Crippen LogP) is 2.74. The number of halogens is 1. The van der Waals surface area contributed by atoms with Crippen LogP contribution in [0.1, 0.15) is 30.9 Å². The Morgan fingerprint density at radius 3 is 2.33 bits per heavy atom. The number of benzene rings is 1. The Morgan fingerprint density at radius 2 is 1.74 bits per heavy atom. The predicted molar refractivity (Wildman–Crippen MR) is 105 cm³/mol. The second-order valence-electron chi connectivity index (χ2n) is 8.35. The maximum atomic E-state index is 15.5. The highest BCUT2D eigenvalue weighted by atomic mass is 19.1. The van der Waals surface area contributed by atoms with E-state index in [1.165, 1.54) is 4.57 Å². The minimum Gasteiger partial charge on any atom is -0.352 e. The van der Waals surface area contributed by atoms with Gasteiger partial charge >= 0.3 is 0 Å². The van der Waals surface area contributed by atoms with E-state index in [1.807, 2.05) is 36.6 Å².